The molecule has 0 fully saturated rings. The first-order chi connectivity index (χ1) is 9.60. The Bertz CT molecular complexity index is 512. The summed E-state index contributed by atoms with van der Waals surface area (Å²) < 4.78 is 24.9. The molecule has 0 saturated carbocycles. The molecule has 108 valence electrons. The van der Waals surface area contributed by atoms with Crippen molar-refractivity contribution in [2.75, 3.05) is 26.3 Å². The fourth-order valence-electron chi connectivity index (χ4n) is 1.55. The number of hydrogen-bond donors (Lipinski definition) is 2. The first kappa shape index (κ1) is 16.0. The van der Waals surface area contributed by atoms with Crippen molar-refractivity contribution in [3.05, 3.63) is 29.6 Å². The monoisotopic (exact) mass is 284 g/mol. The molecule has 1 amide bonds. The highest BCUT2D eigenvalue weighted by Crippen LogP contribution is 2.11. The van der Waals surface area contributed by atoms with Gasteiger partial charge in [0.2, 0.25) is 0 Å². The normalized spacial score (nSPS) is 10.1. The van der Waals surface area contributed by atoms with Gasteiger partial charge in [0.1, 0.15) is 6.61 Å². The fourth-order valence-corrected chi connectivity index (χ4v) is 1.55. The van der Waals surface area contributed by atoms with Gasteiger partial charge in [0.05, 0.1) is 24.3 Å². The molecule has 1 heterocycles. The molecule has 2 N–H and O–H groups in total. The van der Waals surface area contributed by atoms with Crippen molar-refractivity contribution in [1.82, 2.24) is 9.88 Å². The number of alkyl halides is 2. The minimum absolute atomic E-state index is 0.107. The smallest absolute Gasteiger partial charge is 0.255 e. The van der Waals surface area contributed by atoms with Crippen LogP contribution >= 0.6 is 0 Å². The maximum absolute atomic E-state index is 12.4. The van der Waals surface area contributed by atoms with Crippen molar-refractivity contribution in [3.8, 4) is 11.8 Å². The highest BCUT2D eigenvalue weighted by molar-refractivity contribution is 5.96. The standard InChI is InChI=1S/C13H14F2N2O3/c14-12(15)9-17(5-7-19)13(20)11-3-4-16-8-10(11)2-1-6-18/h3-4,8,12,18-19H,5-7,9H2. The molecular formula is C13H14F2N2O3. The molecule has 0 saturated heterocycles. The Labute approximate surface area is 114 Å². The van der Waals surface area contributed by atoms with Crippen molar-refractivity contribution in [3.63, 3.8) is 0 Å². The third-order valence-corrected chi connectivity index (χ3v) is 2.37. The second-order valence-corrected chi connectivity index (χ2v) is 3.75. The summed E-state index contributed by atoms with van der Waals surface area (Å²) in [7, 11) is 0. The van der Waals surface area contributed by atoms with E-state index in [1.165, 1.54) is 18.5 Å². The van der Waals surface area contributed by atoms with Crippen LogP contribution in [0.4, 0.5) is 8.78 Å². The van der Waals surface area contributed by atoms with Crippen LogP contribution in [0, 0.1) is 11.8 Å². The molecule has 20 heavy (non-hydrogen) atoms. The number of carbonyl (C=O) groups excluding carboxylic acids is 1. The lowest BCUT2D eigenvalue weighted by Crippen LogP contribution is -2.37. The Morgan fingerprint density at radius 3 is 2.80 bits per heavy atom. The maximum Gasteiger partial charge on any atom is 0.255 e. The summed E-state index contributed by atoms with van der Waals surface area (Å²) in [6.45, 7) is -1.77. The lowest BCUT2D eigenvalue weighted by molar-refractivity contribution is 0.0509. The highest BCUT2D eigenvalue weighted by Gasteiger charge is 2.21. The van der Waals surface area contributed by atoms with Gasteiger partial charge in [0.15, 0.2) is 0 Å². The predicted molar refractivity (Wildman–Crippen MR) is 67.2 cm³/mol. The molecule has 7 heteroatoms. The molecule has 0 atom stereocenters. The average Bonchev–Trinajstić information content (AvgIpc) is 2.44. The number of aliphatic hydroxyl groups excluding tert-OH is 2. The fraction of sp³-hybridized carbons (Fsp3) is 0.385. The van der Waals surface area contributed by atoms with Gasteiger partial charge in [-0.1, -0.05) is 11.8 Å². The molecule has 0 unspecified atom stereocenters. The van der Waals surface area contributed by atoms with Gasteiger partial charge in [-0.3, -0.25) is 9.78 Å². The van der Waals surface area contributed by atoms with Crippen LogP contribution in [0.25, 0.3) is 0 Å². The number of carbonyl (C=O) groups is 1. The topological polar surface area (TPSA) is 73.7 Å². The molecule has 1 aromatic rings. The van der Waals surface area contributed by atoms with E-state index < -0.39 is 25.5 Å². The molecule has 0 aliphatic carbocycles. The number of aliphatic hydroxyl groups is 2. The van der Waals surface area contributed by atoms with E-state index in [0.29, 0.717) is 0 Å². The minimum atomic E-state index is -2.70. The quantitative estimate of drug-likeness (QED) is 0.754. The van der Waals surface area contributed by atoms with Gasteiger partial charge in [-0.15, -0.1) is 0 Å². The zero-order chi connectivity index (χ0) is 15.0. The third-order valence-electron chi connectivity index (χ3n) is 2.37. The molecule has 5 nitrogen and oxygen atoms in total. The number of nitrogens with zero attached hydrogens (tertiary/aromatic N) is 2. The van der Waals surface area contributed by atoms with Crippen molar-refractivity contribution in [2.45, 2.75) is 6.43 Å². The molecule has 0 bridgehead atoms. The van der Waals surface area contributed by atoms with E-state index in [0.717, 1.165) is 4.90 Å². The highest BCUT2D eigenvalue weighted by atomic mass is 19.3. The van der Waals surface area contributed by atoms with Crippen LogP contribution in [-0.2, 0) is 0 Å². The van der Waals surface area contributed by atoms with Crippen LogP contribution in [0.5, 0.6) is 0 Å². The minimum Gasteiger partial charge on any atom is -0.395 e. The summed E-state index contributed by atoms with van der Waals surface area (Å²) >= 11 is 0. The van der Waals surface area contributed by atoms with Crippen LogP contribution < -0.4 is 0 Å². The maximum atomic E-state index is 12.4. The summed E-state index contributed by atoms with van der Waals surface area (Å²) in [4.78, 5) is 16.8. The summed E-state index contributed by atoms with van der Waals surface area (Å²) in [6, 6.07) is 1.36. The number of amides is 1. The Morgan fingerprint density at radius 1 is 1.45 bits per heavy atom. The predicted octanol–water partition coefficient (Wildman–Crippen LogP) is 0.125. The number of aromatic nitrogens is 1. The van der Waals surface area contributed by atoms with Crippen LogP contribution in [-0.4, -0.2) is 58.7 Å². The van der Waals surface area contributed by atoms with Gasteiger partial charge >= 0.3 is 0 Å². The molecule has 0 aromatic carbocycles. The van der Waals surface area contributed by atoms with Gasteiger partial charge in [-0.25, -0.2) is 8.78 Å². The number of rotatable bonds is 5. The van der Waals surface area contributed by atoms with Crippen molar-refractivity contribution < 1.29 is 23.8 Å². The lowest BCUT2D eigenvalue weighted by atomic mass is 10.1. The summed E-state index contributed by atoms with van der Waals surface area (Å²) in [5.41, 5.74) is 0.346. The molecule has 0 radical (unpaired) electrons. The summed E-state index contributed by atoms with van der Waals surface area (Å²) in [5.74, 6) is 4.24. The van der Waals surface area contributed by atoms with Gasteiger partial charge in [-0.2, -0.15) is 0 Å². The third kappa shape index (κ3) is 4.57. The average molecular weight is 284 g/mol. The van der Waals surface area contributed by atoms with E-state index in [1.807, 2.05) is 0 Å². The first-order valence-corrected chi connectivity index (χ1v) is 5.82. The Kier molecular flexibility index (Phi) is 6.56. The second-order valence-electron chi connectivity index (χ2n) is 3.75. The van der Waals surface area contributed by atoms with E-state index in [-0.39, 0.29) is 24.3 Å². The van der Waals surface area contributed by atoms with Crippen molar-refractivity contribution in [2.24, 2.45) is 0 Å². The van der Waals surface area contributed by atoms with E-state index in [4.69, 9.17) is 10.2 Å². The lowest BCUT2D eigenvalue weighted by Gasteiger charge is -2.21. The Morgan fingerprint density at radius 2 is 2.20 bits per heavy atom. The van der Waals surface area contributed by atoms with Gasteiger partial charge in [0.25, 0.3) is 12.3 Å². The Hall–Kier alpha value is -2.04. The molecule has 1 rings (SSSR count). The van der Waals surface area contributed by atoms with E-state index in [2.05, 4.69) is 16.8 Å². The van der Waals surface area contributed by atoms with E-state index in [1.54, 1.807) is 0 Å². The van der Waals surface area contributed by atoms with Crippen LogP contribution in [0.3, 0.4) is 0 Å². The molecule has 0 aliphatic rings. The zero-order valence-corrected chi connectivity index (χ0v) is 10.6. The largest absolute Gasteiger partial charge is 0.395 e. The van der Waals surface area contributed by atoms with Gasteiger partial charge in [-0.05, 0) is 6.07 Å². The molecular weight excluding hydrogens is 270 g/mol. The van der Waals surface area contributed by atoms with E-state index >= 15 is 0 Å². The van der Waals surface area contributed by atoms with Crippen molar-refractivity contribution in [1.29, 1.82) is 0 Å². The number of pyridine rings is 1. The zero-order valence-electron chi connectivity index (χ0n) is 10.6. The summed E-state index contributed by atoms with van der Waals surface area (Å²) in [5, 5.41) is 17.5. The van der Waals surface area contributed by atoms with Crippen molar-refractivity contribution >= 4 is 5.91 Å². The Balaban J connectivity index is 3.04. The molecule has 1 aromatic heterocycles. The van der Waals surface area contributed by atoms with Crippen LogP contribution in [0.1, 0.15) is 15.9 Å². The van der Waals surface area contributed by atoms with Gasteiger partial charge in [0, 0.05) is 18.9 Å². The molecule has 0 spiro atoms. The van der Waals surface area contributed by atoms with Gasteiger partial charge < -0.3 is 15.1 Å². The summed E-state index contributed by atoms with van der Waals surface area (Å²) in [6.07, 6.45) is -0.0361. The first-order valence-electron chi connectivity index (χ1n) is 5.82. The van der Waals surface area contributed by atoms with E-state index in [9.17, 15) is 13.6 Å². The molecule has 0 aliphatic heterocycles. The van der Waals surface area contributed by atoms with Crippen LogP contribution in [0.2, 0.25) is 0 Å². The van der Waals surface area contributed by atoms with Crippen LogP contribution in [0.15, 0.2) is 18.5 Å². The number of hydrogen-bond acceptors (Lipinski definition) is 4. The SMILES string of the molecule is O=C(c1ccncc1C#CCO)N(CCO)CC(F)F. The second kappa shape index (κ2) is 8.19. The number of halogens is 2.